The smallest absolute Gasteiger partial charge is 0.329 e. The predicted molar refractivity (Wildman–Crippen MR) is 105 cm³/mol. The van der Waals surface area contributed by atoms with Gasteiger partial charge in [0.05, 0.1) is 27.6 Å². The second-order valence-electron chi connectivity index (χ2n) is 7.86. The third kappa shape index (κ3) is 3.40. The van der Waals surface area contributed by atoms with Gasteiger partial charge in [-0.15, -0.1) is 0 Å². The van der Waals surface area contributed by atoms with Crippen LogP contribution >= 0.6 is 23.2 Å². The molecule has 1 aromatic carbocycles. The number of fused-ring (bicyclic) bond motifs is 5. The first-order chi connectivity index (χ1) is 13.8. The Kier molecular flexibility index (Phi) is 5.29. The van der Waals surface area contributed by atoms with Crippen molar-refractivity contribution in [1.82, 2.24) is 4.90 Å². The Hall–Kier alpha value is -2.12. The molecule has 0 unspecified atom stereocenters. The lowest BCUT2D eigenvalue weighted by Gasteiger charge is -2.23. The van der Waals surface area contributed by atoms with Crippen LogP contribution in [0.5, 0.6) is 0 Å². The van der Waals surface area contributed by atoms with Crippen molar-refractivity contribution in [3.05, 3.63) is 28.2 Å². The molecule has 1 aromatic rings. The first kappa shape index (κ1) is 20.2. The lowest BCUT2D eigenvalue weighted by molar-refractivity contribution is -0.159. The number of likely N-dealkylation sites (tertiary alicyclic amines) is 1. The summed E-state index contributed by atoms with van der Waals surface area (Å²) in [5.74, 6) is -2.10. The second-order valence-corrected chi connectivity index (χ2v) is 8.65. The highest BCUT2D eigenvalue weighted by Gasteiger charge is 2.62. The van der Waals surface area contributed by atoms with E-state index >= 15 is 0 Å². The van der Waals surface area contributed by atoms with E-state index in [0.29, 0.717) is 5.69 Å². The summed E-state index contributed by atoms with van der Waals surface area (Å²) < 4.78 is 5.04. The van der Waals surface area contributed by atoms with Crippen molar-refractivity contribution in [3.8, 4) is 0 Å². The molecule has 3 aliphatic rings. The summed E-state index contributed by atoms with van der Waals surface area (Å²) in [7, 11) is 0. The van der Waals surface area contributed by atoms with Crippen molar-refractivity contribution in [3.63, 3.8) is 0 Å². The number of carbonyl (C=O) groups excluding carboxylic acids is 4. The van der Waals surface area contributed by atoms with Crippen molar-refractivity contribution < 1.29 is 23.9 Å². The molecular weight excluding hydrogens is 419 g/mol. The molecule has 0 radical (unpaired) electrons. The molecule has 1 aliphatic heterocycles. The summed E-state index contributed by atoms with van der Waals surface area (Å²) in [4.78, 5) is 51.1. The van der Waals surface area contributed by atoms with Crippen LogP contribution in [0, 0.1) is 23.7 Å². The molecule has 9 heteroatoms. The van der Waals surface area contributed by atoms with Gasteiger partial charge in [-0.2, -0.15) is 0 Å². The van der Waals surface area contributed by atoms with Gasteiger partial charge in [0.15, 0.2) is 6.61 Å². The van der Waals surface area contributed by atoms with Crippen molar-refractivity contribution in [1.29, 1.82) is 0 Å². The van der Waals surface area contributed by atoms with E-state index in [1.807, 2.05) is 0 Å². The number of anilines is 1. The molecular formula is C20H20Cl2N2O5. The SMILES string of the molecule is C[C@H](C(=O)OCC(=O)Nc1cccc(Cl)c1Cl)N1C(=O)[C@@H]2[C@H]3CC[C@@H](C3)[C@H]2C1=O. The number of imide groups is 1. The topological polar surface area (TPSA) is 92.8 Å². The average Bonchev–Trinajstić information content (AvgIpc) is 3.37. The van der Waals surface area contributed by atoms with Crippen molar-refractivity contribution in [2.24, 2.45) is 23.7 Å². The largest absolute Gasteiger partial charge is 0.454 e. The molecule has 2 saturated carbocycles. The van der Waals surface area contributed by atoms with Gasteiger partial charge in [0.25, 0.3) is 5.91 Å². The Balaban J connectivity index is 1.35. The van der Waals surface area contributed by atoms with Gasteiger partial charge in [-0.05, 0) is 50.2 Å². The minimum absolute atomic E-state index is 0.177. The van der Waals surface area contributed by atoms with Crippen molar-refractivity contribution in [2.45, 2.75) is 32.2 Å². The van der Waals surface area contributed by atoms with Gasteiger partial charge in [-0.3, -0.25) is 19.3 Å². The maximum absolute atomic E-state index is 12.8. The van der Waals surface area contributed by atoms with Gasteiger partial charge in [-0.25, -0.2) is 4.79 Å². The number of halogens is 2. The van der Waals surface area contributed by atoms with E-state index in [4.69, 9.17) is 27.9 Å². The molecule has 2 bridgehead atoms. The quantitative estimate of drug-likeness (QED) is 0.563. The Morgan fingerprint density at radius 1 is 1.17 bits per heavy atom. The van der Waals surface area contributed by atoms with Crippen molar-refractivity contribution >= 4 is 52.6 Å². The van der Waals surface area contributed by atoms with Crippen LogP contribution in [0.25, 0.3) is 0 Å². The number of esters is 1. The molecule has 5 atom stereocenters. The second kappa shape index (κ2) is 7.61. The van der Waals surface area contributed by atoms with E-state index in [1.54, 1.807) is 18.2 Å². The molecule has 1 heterocycles. The normalized spacial score (nSPS) is 28.4. The van der Waals surface area contributed by atoms with E-state index in [0.717, 1.165) is 24.2 Å². The molecule has 0 aromatic heterocycles. The molecule has 3 fully saturated rings. The fraction of sp³-hybridized carbons (Fsp3) is 0.500. The molecule has 154 valence electrons. The first-order valence-electron chi connectivity index (χ1n) is 9.57. The van der Waals surface area contributed by atoms with Gasteiger partial charge in [0, 0.05) is 0 Å². The molecule has 2 aliphatic carbocycles. The van der Waals surface area contributed by atoms with Gasteiger partial charge in [-0.1, -0.05) is 29.3 Å². The molecule has 4 rings (SSSR count). The molecule has 7 nitrogen and oxygen atoms in total. The minimum Gasteiger partial charge on any atom is -0.454 e. The van der Waals surface area contributed by atoms with Crippen LogP contribution in [0.2, 0.25) is 10.0 Å². The van der Waals surface area contributed by atoms with Crippen LogP contribution in [0.15, 0.2) is 18.2 Å². The maximum Gasteiger partial charge on any atom is 0.329 e. The van der Waals surface area contributed by atoms with Crippen LogP contribution in [0.3, 0.4) is 0 Å². The summed E-state index contributed by atoms with van der Waals surface area (Å²) in [6, 6.07) is 3.69. The third-order valence-corrected chi connectivity index (χ3v) is 7.08. The fourth-order valence-corrected chi connectivity index (χ4v) is 5.31. The van der Waals surface area contributed by atoms with Crippen molar-refractivity contribution in [2.75, 3.05) is 11.9 Å². The number of hydrogen-bond donors (Lipinski definition) is 1. The van der Waals surface area contributed by atoms with Gasteiger partial charge in [0.2, 0.25) is 11.8 Å². The lowest BCUT2D eigenvalue weighted by atomic mass is 9.81. The first-order valence-corrected chi connectivity index (χ1v) is 10.3. The number of amides is 3. The van der Waals surface area contributed by atoms with Gasteiger partial charge in [0.1, 0.15) is 6.04 Å². The molecule has 1 N–H and O–H groups in total. The number of hydrogen-bond acceptors (Lipinski definition) is 5. The standard InChI is InChI=1S/C20H20Cl2N2O5/c1-9(24-18(26)15-10-5-6-11(7-10)16(15)19(24)27)20(28)29-8-14(25)23-13-4-2-3-12(21)17(13)22/h2-4,9-11,15-16H,5-8H2,1H3,(H,23,25)/t9-,10+,11+,15-,16-/m1/s1. The van der Waals surface area contributed by atoms with Crippen LogP contribution in [0.4, 0.5) is 5.69 Å². The minimum atomic E-state index is -1.07. The zero-order valence-corrected chi connectivity index (χ0v) is 17.2. The highest BCUT2D eigenvalue weighted by molar-refractivity contribution is 6.44. The molecule has 1 saturated heterocycles. The summed E-state index contributed by atoms with van der Waals surface area (Å²) >= 11 is 11.9. The average molecular weight is 439 g/mol. The van der Waals surface area contributed by atoms with E-state index in [-0.39, 0.29) is 45.5 Å². The monoisotopic (exact) mass is 438 g/mol. The summed E-state index contributed by atoms with van der Waals surface area (Å²) in [6.07, 6.45) is 2.85. The zero-order valence-electron chi connectivity index (χ0n) is 15.7. The van der Waals surface area contributed by atoms with Crippen LogP contribution < -0.4 is 5.32 Å². The lowest BCUT2D eigenvalue weighted by Crippen LogP contribution is -2.45. The number of rotatable bonds is 5. The maximum atomic E-state index is 12.8. The number of nitrogens with one attached hydrogen (secondary N) is 1. The van der Waals surface area contributed by atoms with Crippen LogP contribution in [-0.4, -0.2) is 41.2 Å². The van der Waals surface area contributed by atoms with Crippen LogP contribution in [-0.2, 0) is 23.9 Å². The Bertz CT molecular complexity index is 877. The Morgan fingerprint density at radius 3 is 2.41 bits per heavy atom. The Morgan fingerprint density at radius 2 is 1.79 bits per heavy atom. The van der Waals surface area contributed by atoms with E-state index in [1.165, 1.54) is 6.92 Å². The van der Waals surface area contributed by atoms with Gasteiger partial charge >= 0.3 is 5.97 Å². The van der Waals surface area contributed by atoms with E-state index in [2.05, 4.69) is 5.32 Å². The Labute approximate surface area is 177 Å². The summed E-state index contributed by atoms with van der Waals surface area (Å²) in [5.41, 5.74) is 0.293. The number of ether oxygens (including phenoxy) is 1. The molecule has 29 heavy (non-hydrogen) atoms. The van der Waals surface area contributed by atoms with E-state index in [9.17, 15) is 19.2 Å². The summed E-state index contributed by atoms with van der Waals surface area (Å²) in [6.45, 7) is 0.882. The number of carbonyl (C=O) groups is 4. The van der Waals surface area contributed by atoms with Crippen LogP contribution in [0.1, 0.15) is 26.2 Å². The highest BCUT2D eigenvalue weighted by Crippen LogP contribution is 2.56. The number of nitrogens with zero attached hydrogens (tertiary/aromatic N) is 1. The molecule has 0 spiro atoms. The predicted octanol–water partition coefficient (Wildman–Crippen LogP) is 2.89. The number of benzene rings is 1. The van der Waals surface area contributed by atoms with Gasteiger partial charge < -0.3 is 10.1 Å². The molecule has 3 amide bonds. The zero-order chi connectivity index (χ0) is 20.9. The highest BCUT2D eigenvalue weighted by atomic mass is 35.5. The third-order valence-electron chi connectivity index (χ3n) is 6.26. The van der Waals surface area contributed by atoms with E-state index < -0.39 is 24.5 Å². The fourth-order valence-electron chi connectivity index (χ4n) is 4.96. The summed E-state index contributed by atoms with van der Waals surface area (Å²) in [5, 5.41) is 2.96.